The Morgan fingerprint density at radius 1 is 1.20 bits per heavy atom. The van der Waals surface area contributed by atoms with Gasteiger partial charge >= 0.3 is 0 Å². The van der Waals surface area contributed by atoms with Gasteiger partial charge in [0.2, 0.25) is 0 Å². The molecule has 2 heterocycles. The lowest BCUT2D eigenvalue weighted by Crippen LogP contribution is -2.41. The summed E-state index contributed by atoms with van der Waals surface area (Å²) >= 11 is 0. The molecule has 0 spiro atoms. The number of amides is 1. The zero-order chi connectivity index (χ0) is 17.5. The highest BCUT2D eigenvalue weighted by Gasteiger charge is 2.12. The minimum Gasteiger partial charge on any atom is -0.379 e. The van der Waals surface area contributed by atoms with E-state index in [1.807, 2.05) is 0 Å². The van der Waals surface area contributed by atoms with E-state index in [9.17, 15) is 9.18 Å². The number of hydrogen-bond donors (Lipinski definition) is 2. The Bertz CT molecular complexity index is 704. The van der Waals surface area contributed by atoms with Crippen LogP contribution in [0.3, 0.4) is 0 Å². The van der Waals surface area contributed by atoms with Crippen molar-refractivity contribution in [3.05, 3.63) is 48.2 Å². The molecule has 1 aromatic heterocycles. The molecule has 8 heteroatoms. The molecule has 1 fully saturated rings. The molecule has 1 amide bonds. The molecular weight excluding hydrogens is 325 g/mol. The summed E-state index contributed by atoms with van der Waals surface area (Å²) in [6.07, 6.45) is 1.32. The molecule has 3 rings (SSSR count). The predicted molar refractivity (Wildman–Crippen MR) is 91.3 cm³/mol. The molecule has 1 aliphatic rings. The lowest BCUT2D eigenvalue weighted by Gasteiger charge is -2.26. The lowest BCUT2D eigenvalue weighted by molar-refractivity contribution is 0.0383. The second kappa shape index (κ2) is 8.50. The summed E-state index contributed by atoms with van der Waals surface area (Å²) in [5.41, 5.74) is 0.959. The number of ether oxygens (including phenoxy) is 1. The van der Waals surface area contributed by atoms with Crippen LogP contribution in [-0.2, 0) is 4.74 Å². The van der Waals surface area contributed by atoms with E-state index in [0.29, 0.717) is 18.1 Å². The van der Waals surface area contributed by atoms with Gasteiger partial charge in [-0.05, 0) is 24.3 Å². The largest absolute Gasteiger partial charge is 0.379 e. The molecule has 25 heavy (non-hydrogen) atoms. The summed E-state index contributed by atoms with van der Waals surface area (Å²) < 4.78 is 18.2. The lowest BCUT2D eigenvalue weighted by atomic mass is 10.3. The van der Waals surface area contributed by atoms with Crippen molar-refractivity contribution >= 4 is 17.4 Å². The third-order valence-electron chi connectivity index (χ3n) is 3.83. The fraction of sp³-hybridized carbons (Fsp3) is 0.353. The Morgan fingerprint density at radius 3 is 2.72 bits per heavy atom. The summed E-state index contributed by atoms with van der Waals surface area (Å²) in [5, 5.41) is 5.87. The molecule has 0 bridgehead atoms. The number of rotatable bonds is 6. The zero-order valence-electron chi connectivity index (χ0n) is 13.7. The maximum atomic E-state index is 12.9. The number of carbonyl (C=O) groups is 1. The van der Waals surface area contributed by atoms with Gasteiger partial charge in [0.05, 0.1) is 13.2 Å². The minimum atomic E-state index is -0.312. The summed E-state index contributed by atoms with van der Waals surface area (Å²) in [4.78, 5) is 22.5. The van der Waals surface area contributed by atoms with Crippen LogP contribution < -0.4 is 10.6 Å². The van der Waals surface area contributed by atoms with Crippen molar-refractivity contribution in [1.29, 1.82) is 0 Å². The number of anilines is 2. The van der Waals surface area contributed by atoms with Crippen molar-refractivity contribution in [3.8, 4) is 0 Å². The van der Waals surface area contributed by atoms with Gasteiger partial charge in [-0.1, -0.05) is 0 Å². The number of aromatic nitrogens is 2. The van der Waals surface area contributed by atoms with Gasteiger partial charge < -0.3 is 15.4 Å². The Labute approximate surface area is 145 Å². The van der Waals surface area contributed by atoms with E-state index in [2.05, 4.69) is 25.5 Å². The molecule has 132 valence electrons. The summed E-state index contributed by atoms with van der Waals surface area (Å²) in [6, 6.07) is 7.46. The Morgan fingerprint density at radius 2 is 1.96 bits per heavy atom. The minimum absolute atomic E-state index is 0.252. The van der Waals surface area contributed by atoms with Crippen molar-refractivity contribution in [2.24, 2.45) is 0 Å². The van der Waals surface area contributed by atoms with Crippen LogP contribution in [-0.4, -0.2) is 60.2 Å². The van der Waals surface area contributed by atoms with Crippen LogP contribution >= 0.6 is 0 Å². The van der Waals surface area contributed by atoms with Crippen molar-refractivity contribution in [2.75, 3.05) is 44.7 Å². The number of benzene rings is 1. The normalized spacial score (nSPS) is 14.9. The molecule has 1 aromatic carbocycles. The topological polar surface area (TPSA) is 79.4 Å². The average molecular weight is 345 g/mol. The van der Waals surface area contributed by atoms with Gasteiger partial charge in [0.1, 0.15) is 23.7 Å². The highest BCUT2D eigenvalue weighted by molar-refractivity contribution is 5.92. The fourth-order valence-corrected chi connectivity index (χ4v) is 2.47. The Balaban J connectivity index is 1.52. The SMILES string of the molecule is O=C(NCCN1CCOCC1)c1cc(Nc2ccc(F)cc2)ncn1. The number of nitrogens with one attached hydrogen (secondary N) is 2. The maximum Gasteiger partial charge on any atom is 0.270 e. The van der Waals surface area contributed by atoms with Gasteiger partial charge in [-0.15, -0.1) is 0 Å². The van der Waals surface area contributed by atoms with Crippen molar-refractivity contribution in [1.82, 2.24) is 20.2 Å². The first kappa shape index (κ1) is 17.2. The smallest absolute Gasteiger partial charge is 0.270 e. The summed E-state index contributed by atoms with van der Waals surface area (Å²) in [6.45, 7) is 4.56. The second-order valence-electron chi connectivity index (χ2n) is 5.63. The van der Waals surface area contributed by atoms with Gasteiger partial charge in [-0.25, -0.2) is 14.4 Å². The first-order valence-electron chi connectivity index (χ1n) is 8.14. The fourth-order valence-electron chi connectivity index (χ4n) is 2.47. The predicted octanol–water partition coefficient (Wildman–Crippen LogP) is 1.42. The molecule has 2 N–H and O–H groups in total. The van der Waals surface area contributed by atoms with E-state index in [1.54, 1.807) is 18.2 Å². The molecule has 0 aliphatic carbocycles. The molecule has 0 radical (unpaired) electrons. The highest BCUT2D eigenvalue weighted by atomic mass is 19.1. The molecule has 0 saturated carbocycles. The number of hydrogen-bond acceptors (Lipinski definition) is 6. The number of morpholine rings is 1. The van der Waals surface area contributed by atoms with Gasteiger partial charge in [0.25, 0.3) is 5.91 Å². The van der Waals surface area contributed by atoms with E-state index in [-0.39, 0.29) is 17.4 Å². The van der Waals surface area contributed by atoms with Crippen LogP contribution in [0.4, 0.5) is 15.9 Å². The van der Waals surface area contributed by atoms with Gasteiger partial charge in [-0.3, -0.25) is 9.69 Å². The number of halogens is 1. The number of carbonyl (C=O) groups excluding carboxylic acids is 1. The third kappa shape index (κ3) is 5.20. The highest BCUT2D eigenvalue weighted by Crippen LogP contribution is 2.14. The molecule has 2 aromatic rings. The summed E-state index contributed by atoms with van der Waals surface area (Å²) in [7, 11) is 0. The molecular formula is C17H20FN5O2. The van der Waals surface area contributed by atoms with Crippen molar-refractivity contribution in [2.45, 2.75) is 0 Å². The monoisotopic (exact) mass is 345 g/mol. The third-order valence-corrected chi connectivity index (χ3v) is 3.83. The quantitative estimate of drug-likeness (QED) is 0.824. The maximum absolute atomic E-state index is 12.9. The number of nitrogens with zero attached hydrogens (tertiary/aromatic N) is 3. The van der Waals surface area contributed by atoms with Crippen molar-refractivity contribution < 1.29 is 13.9 Å². The van der Waals surface area contributed by atoms with Gasteiger partial charge in [-0.2, -0.15) is 0 Å². The van der Waals surface area contributed by atoms with Crippen LogP contribution in [0.2, 0.25) is 0 Å². The molecule has 1 aliphatic heterocycles. The first-order valence-corrected chi connectivity index (χ1v) is 8.14. The molecule has 1 saturated heterocycles. The molecule has 0 atom stereocenters. The van der Waals surface area contributed by atoms with Crippen LogP contribution in [0, 0.1) is 5.82 Å². The first-order chi connectivity index (χ1) is 12.2. The van der Waals surface area contributed by atoms with Gasteiger partial charge in [0, 0.05) is 37.9 Å². The Kier molecular flexibility index (Phi) is 5.86. The van der Waals surface area contributed by atoms with E-state index >= 15 is 0 Å². The van der Waals surface area contributed by atoms with E-state index in [4.69, 9.17) is 4.74 Å². The van der Waals surface area contributed by atoms with Crippen LogP contribution in [0.25, 0.3) is 0 Å². The van der Waals surface area contributed by atoms with E-state index < -0.39 is 0 Å². The average Bonchev–Trinajstić information content (AvgIpc) is 2.65. The van der Waals surface area contributed by atoms with Gasteiger partial charge in [0.15, 0.2) is 0 Å². The van der Waals surface area contributed by atoms with Crippen molar-refractivity contribution in [3.63, 3.8) is 0 Å². The second-order valence-corrected chi connectivity index (χ2v) is 5.63. The molecule has 0 unspecified atom stereocenters. The standard InChI is InChI=1S/C17H20FN5O2/c18-13-1-3-14(4-2-13)22-16-11-15(20-12-21-16)17(24)19-5-6-23-7-9-25-10-8-23/h1-4,11-12H,5-10H2,(H,19,24)(H,20,21,22). The van der Waals surface area contributed by atoms with E-state index in [0.717, 1.165) is 32.8 Å². The molecule has 7 nitrogen and oxygen atoms in total. The zero-order valence-corrected chi connectivity index (χ0v) is 13.7. The van der Waals surface area contributed by atoms with Crippen LogP contribution in [0.15, 0.2) is 36.7 Å². The van der Waals surface area contributed by atoms with E-state index in [1.165, 1.54) is 18.5 Å². The van der Waals surface area contributed by atoms with Crippen LogP contribution in [0.5, 0.6) is 0 Å². The summed E-state index contributed by atoms with van der Waals surface area (Å²) in [5.74, 6) is -0.0914. The van der Waals surface area contributed by atoms with Crippen LogP contribution in [0.1, 0.15) is 10.5 Å². The Hall–Kier alpha value is -2.58.